The predicted molar refractivity (Wildman–Crippen MR) is 42.9 cm³/mol. The van der Waals surface area contributed by atoms with Crippen LogP contribution in [0.2, 0.25) is 0 Å². The lowest BCUT2D eigenvalue weighted by molar-refractivity contribution is 0.332. The summed E-state index contributed by atoms with van der Waals surface area (Å²) in [7, 11) is 0.911. The summed E-state index contributed by atoms with van der Waals surface area (Å²) in [5, 5.41) is 0. The van der Waals surface area contributed by atoms with Gasteiger partial charge in [0.05, 0.1) is 12.7 Å². The molecule has 0 aliphatic carbocycles. The zero-order valence-corrected chi connectivity index (χ0v) is 7.20. The van der Waals surface area contributed by atoms with Gasteiger partial charge in [0.25, 0.3) is 0 Å². The van der Waals surface area contributed by atoms with Crippen LogP contribution in [0.3, 0.4) is 0 Å². The third-order valence-corrected chi connectivity index (χ3v) is 1.67. The number of methoxy groups -OCH3 is 1. The fourth-order valence-corrected chi connectivity index (χ4v) is 0.987. The molecule has 1 aromatic carbocycles. The quantitative estimate of drug-likeness (QED) is 0.534. The Morgan fingerprint density at radius 1 is 1.00 bits per heavy atom. The molecule has 0 radical (unpaired) electrons. The molecule has 0 aliphatic heterocycles. The average molecular weight is 206 g/mol. The Morgan fingerprint density at radius 3 is 1.71 bits per heavy atom. The summed E-state index contributed by atoms with van der Waals surface area (Å²) >= 11 is 0. The second-order valence-electron chi connectivity index (χ2n) is 2.41. The Labute approximate surface area is 77.6 Å². The Bertz CT molecular complexity index is 358. The van der Waals surface area contributed by atoms with E-state index >= 15 is 0 Å². The minimum Gasteiger partial charge on any atom is -0.491 e. The Hall–Kier alpha value is -1.52. The van der Waals surface area contributed by atoms with Gasteiger partial charge in [0.2, 0.25) is 11.6 Å². The van der Waals surface area contributed by atoms with Crippen molar-refractivity contribution in [3.63, 3.8) is 0 Å². The van der Waals surface area contributed by atoms with Crippen molar-refractivity contribution in [1.29, 1.82) is 0 Å². The highest BCUT2D eigenvalue weighted by Crippen LogP contribution is 2.29. The topological polar surface area (TPSA) is 9.23 Å². The van der Waals surface area contributed by atoms with Gasteiger partial charge in [-0.05, 0) is 0 Å². The SMILES string of the molecule is C=Cc1c(F)c(F)c(OC)c(F)c1F. The van der Waals surface area contributed by atoms with Crippen LogP contribution in [0.25, 0.3) is 6.08 Å². The Balaban J connectivity index is 3.63. The maximum absolute atomic E-state index is 13.0. The van der Waals surface area contributed by atoms with Gasteiger partial charge < -0.3 is 4.74 Å². The number of rotatable bonds is 2. The lowest BCUT2D eigenvalue weighted by Crippen LogP contribution is -2.03. The van der Waals surface area contributed by atoms with Crippen molar-refractivity contribution >= 4 is 6.08 Å². The van der Waals surface area contributed by atoms with Crippen LogP contribution in [0.5, 0.6) is 5.75 Å². The highest BCUT2D eigenvalue weighted by atomic mass is 19.2. The first-order valence-electron chi connectivity index (χ1n) is 3.57. The zero-order chi connectivity index (χ0) is 10.9. The second-order valence-corrected chi connectivity index (χ2v) is 2.41. The Kier molecular flexibility index (Phi) is 2.78. The first-order chi connectivity index (χ1) is 6.54. The molecule has 0 N–H and O–H groups in total. The fraction of sp³-hybridized carbons (Fsp3) is 0.111. The predicted octanol–water partition coefficient (Wildman–Crippen LogP) is 2.89. The highest BCUT2D eigenvalue weighted by Gasteiger charge is 2.24. The molecule has 0 saturated carbocycles. The normalized spacial score (nSPS) is 10.1. The summed E-state index contributed by atoms with van der Waals surface area (Å²) in [6.45, 7) is 3.04. The van der Waals surface area contributed by atoms with Crippen LogP contribution in [-0.2, 0) is 0 Å². The van der Waals surface area contributed by atoms with Gasteiger partial charge in [0, 0.05) is 0 Å². The molecule has 0 amide bonds. The first-order valence-corrected chi connectivity index (χ1v) is 3.57. The van der Waals surface area contributed by atoms with Gasteiger partial charge in [-0.3, -0.25) is 0 Å². The number of halogens is 4. The van der Waals surface area contributed by atoms with Crippen molar-refractivity contribution in [2.75, 3.05) is 7.11 Å². The lowest BCUT2D eigenvalue weighted by atomic mass is 10.1. The zero-order valence-electron chi connectivity index (χ0n) is 7.20. The summed E-state index contributed by atoms with van der Waals surface area (Å²) < 4.78 is 56.0. The van der Waals surface area contributed by atoms with Gasteiger partial charge in [-0.1, -0.05) is 12.7 Å². The van der Waals surface area contributed by atoms with E-state index in [1.54, 1.807) is 0 Å². The largest absolute Gasteiger partial charge is 0.491 e. The van der Waals surface area contributed by atoms with Gasteiger partial charge in [-0.15, -0.1) is 0 Å². The van der Waals surface area contributed by atoms with E-state index < -0.39 is 34.6 Å². The van der Waals surface area contributed by atoms with Crippen LogP contribution in [-0.4, -0.2) is 7.11 Å². The second kappa shape index (κ2) is 3.69. The molecular weight excluding hydrogens is 200 g/mol. The van der Waals surface area contributed by atoms with E-state index in [0.29, 0.717) is 6.08 Å². The molecule has 0 atom stereocenters. The molecule has 5 heteroatoms. The van der Waals surface area contributed by atoms with Gasteiger partial charge >= 0.3 is 0 Å². The maximum atomic E-state index is 13.0. The number of ether oxygens (including phenoxy) is 1. The van der Waals surface area contributed by atoms with Crippen molar-refractivity contribution in [3.05, 3.63) is 35.4 Å². The third kappa shape index (κ3) is 1.34. The van der Waals surface area contributed by atoms with Crippen molar-refractivity contribution in [1.82, 2.24) is 0 Å². The minimum absolute atomic E-state index is 0.691. The van der Waals surface area contributed by atoms with E-state index in [-0.39, 0.29) is 0 Å². The van der Waals surface area contributed by atoms with Crippen LogP contribution in [0.15, 0.2) is 6.58 Å². The minimum atomic E-state index is -1.57. The van der Waals surface area contributed by atoms with Crippen molar-refractivity contribution in [2.24, 2.45) is 0 Å². The monoisotopic (exact) mass is 206 g/mol. The number of benzene rings is 1. The van der Waals surface area contributed by atoms with Crippen LogP contribution in [0, 0.1) is 23.3 Å². The van der Waals surface area contributed by atoms with E-state index in [0.717, 1.165) is 7.11 Å². The molecule has 76 valence electrons. The Morgan fingerprint density at radius 2 is 1.43 bits per heavy atom. The summed E-state index contributed by atoms with van der Waals surface area (Å²) in [4.78, 5) is 0. The molecule has 0 aromatic heterocycles. The van der Waals surface area contributed by atoms with Gasteiger partial charge in [-0.25, -0.2) is 8.78 Å². The molecule has 1 aromatic rings. The molecule has 0 heterocycles. The summed E-state index contributed by atoms with van der Waals surface area (Å²) in [5.41, 5.74) is -0.846. The van der Waals surface area contributed by atoms with E-state index in [2.05, 4.69) is 11.3 Å². The van der Waals surface area contributed by atoms with Crippen LogP contribution < -0.4 is 4.74 Å². The maximum Gasteiger partial charge on any atom is 0.204 e. The van der Waals surface area contributed by atoms with E-state index in [1.165, 1.54) is 0 Å². The third-order valence-electron chi connectivity index (χ3n) is 1.67. The molecular formula is C9H6F4O. The molecule has 1 rings (SSSR count). The molecule has 0 unspecified atom stereocenters. The van der Waals surface area contributed by atoms with Gasteiger partial charge in [0.1, 0.15) is 0 Å². The van der Waals surface area contributed by atoms with Crippen LogP contribution in [0.4, 0.5) is 17.6 Å². The fourth-order valence-electron chi connectivity index (χ4n) is 0.987. The van der Waals surface area contributed by atoms with E-state index in [1.807, 2.05) is 0 Å². The molecule has 0 aliphatic rings. The van der Waals surface area contributed by atoms with Gasteiger partial charge in [-0.2, -0.15) is 8.78 Å². The molecule has 0 spiro atoms. The van der Waals surface area contributed by atoms with Crippen LogP contribution in [0.1, 0.15) is 5.56 Å². The molecule has 0 bridgehead atoms. The van der Waals surface area contributed by atoms with Gasteiger partial charge in [0.15, 0.2) is 17.4 Å². The summed E-state index contributed by atoms with van der Waals surface area (Å²) in [5.74, 6) is -7.25. The average Bonchev–Trinajstić information content (AvgIpc) is 2.17. The van der Waals surface area contributed by atoms with Crippen molar-refractivity contribution in [2.45, 2.75) is 0 Å². The van der Waals surface area contributed by atoms with Crippen molar-refractivity contribution < 1.29 is 22.3 Å². The summed E-state index contributed by atoms with van der Waals surface area (Å²) in [6, 6.07) is 0. The number of hydrogen-bond donors (Lipinski definition) is 0. The smallest absolute Gasteiger partial charge is 0.204 e. The standard InChI is InChI=1S/C9H6F4O/c1-3-4-5(10)7(12)9(14-2)8(13)6(4)11/h3H,1H2,2H3. The number of hydrogen-bond acceptors (Lipinski definition) is 1. The molecule has 14 heavy (non-hydrogen) atoms. The highest BCUT2D eigenvalue weighted by molar-refractivity contribution is 5.51. The molecule has 1 nitrogen and oxygen atoms in total. The summed E-state index contributed by atoms with van der Waals surface area (Å²) in [6.07, 6.45) is 0.691. The molecule has 0 fully saturated rings. The van der Waals surface area contributed by atoms with E-state index in [4.69, 9.17) is 0 Å². The van der Waals surface area contributed by atoms with Crippen LogP contribution >= 0.6 is 0 Å². The molecule has 0 saturated heterocycles. The van der Waals surface area contributed by atoms with E-state index in [9.17, 15) is 17.6 Å². The lowest BCUT2D eigenvalue weighted by Gasteiger charge is -2.07. The first kappa shape index (κ1) is 10.6. The van der Waals surface area contributed by atoms with Crippen molar-refractivity contribution in [3.8, 4) is 5.75 Å².